The summed E-state index contributed by atoms with van der Waals surface area (Å²) in [6, 6.07) is 8.02. The minimum Gasteiger partial charge on any atom is -0.448 e. The van der Waals surface area contributed by atoms with Gasteiger partial charge in [-0.1, -0.05) is 20.8 Å². The molecule has 3 rings (SSSR count). The molecule has 0 unspecified atom stereocenters. The van der Waals surface area contributed by atoms with Crippen LogP contribution in [0.4, 0.5) is 5.82 Å². The van der Waals surface area contributed by atoms with Gasteiger partial charge >= 0.3 is 0 Å². The van der Waals surface area contributed by atoms with Crippen LogP contribution in [0.25, 0.3) is 17.1 Å². The standard InChI is InChI=1S/C20H26BrN3O/c1-13-9-10-24-16(11-13)22-17(14-7-8-15(21)25-14)18(24)23-20(5,6)12-19(2,3)4/h7-11,23H,12H2,1-6H3. The van der Waals surface area contributed by atoms with E-state index >= 15 is 0 Å². The Hall–Kier alpha value is -1.75. The Balaban J connectivity index is 2.11. The molecule has 0 bridgehead atoms. The van der Waals surface area contributed by atoms with E-state index in [0.717, 1.165) is 29.3 Å². The van der Waals surface area contributed by atoms with Crippen LogP contribution < -0.4 is 5.32 Å². The largest absolute Gasteiger partial charge is 0.448 e. The monoisotopic (exact) mass is 403 g/mol. The van der Waals surface area contributed by atoms with Crippen LogP contribution in [-0.4, -0.2) is 14.9 Å². The molecule has 0 aliphatic carbocycles. The Morgan fingerprint density at radius 2 is 1.88 bits per heavy atom. The molecule has 134 valence electrons. The maximum atomic E-state index is 5.79. The van der Waals surface area contributed by atoms with Crippen LogP contribution in [0.5, 0.6) is 0 Å². The van der Waals surface area contributed by atoms with Gasteiger partial charge in [-0.25, -0.2) is 4.98 Å². The number of anilines is 1. The maximum Gasteiger partial charge on any atom is 0.169 e. The molecule has 0 aliphatic rings. The van der Waals surface area contributed by atoms with Gasteiger partial charge < -0.3 is 9.73 Å². The quantitative estimate of drug-likeness (QED) is 0.556. The van der Waals surface area contributed by atoms with E-state index in [-0.39, 0.29) is 11.0 Å². The molecule has 5 heteroatoms. The molecular weight excluding hydrogens is 378 g/mol. The zero-order valence-corrected chi connectivity index (χ0v) is 17.4. The van der Waals surface area contributed by atoms with Gasteiger partial charge in [0.05, 0.1) is 0 Å². The summed E-state index contributed by atoms with van der Waals surface area (Å²) in [5.74, 6) is 1.72. The number of pyridine rings is 1. The Kier molecular flexibility index (Phi) is 4.48. The topological polar surface area (TPSA) is 42.5 Å². The highest BCUT2D eigenvalue weighted by Gasteiger charge is 2.28. The van der Waals surface area contributed by atoms with Crippen LogP contribution in [0.15, 0.2) is 39.5 Å². The third-order valence-corrected chi connectivity index (χ3v) is 4.44. The lowest BCUT2D eigenvalue weighted by Gasteiger charge is -2.34. The van der Waals surface area contributed by atoms with E-state index in [0.29, 0.717) is 4.67 Å². The number of aromatic nitrogens is 2. The second-order valence-corrected chi connectivity index (χ2v) is 9.37. The van der Waals surface area contributed by atoms with Crippen LogP contribution >= 0.6 is 15.9 Å². The number of nitrogens with zero attached hydrogens (tertiary/aromatic N) is 2. The first-order chi connectivity index (χ1) is 11.5. The fourth-order valence-electron chi connectivity index (χ4n) is 3.57. The van der Waals surface area contributed by atoms with Gasteiger partial charge in [0.1, 0.15) is 17.2 Å². The zero-order chi connectivity index (χ0) is 18.4. The fourth-order valence-corrected chi connectivity index (χ4v) is 3.88. The van der Waals surface area contributed by atoms with Crippen molar-refractivity contribution in [3.05, 3.63) is 40.7 Å². The summed E-state index contributed by atoms with van der Waals surface area (Å²) in [5.41, 5.74) is 3.07. The van der Waals surface area contributed by atoms with Crippen LogP contribution in [0.2, 0.25) is 0 Å². The lowest BCUT2D eigenvalue weighted by Crippen LogP contribution is -2.36. The number of hydrogen-bond donors (Lipinski definition) is 1. The van der Waals surface area contributed by atoms with Gasteiger partial charge in [-0.15, -0.1) is 0 Å². The summed E-state index contributed by atoms with van der Waals surface area (Å²) in [5, 5.41) is 3.72. The summed E-state index contributed by atoms with van der Waals surface area (Å²) >= 11 is 3.39. The van der Waals surface area contributed by atoms with Crippen molar-refractivity contribution in [2.45, 2.75) is 53.5 Å². The highest BCUT2D eigenvalue weighted by atomic mass is 79.9. The smallest absolute Gasteiger partial charge is 0.169 e. The molecule has 0 radical (unpaired) electrons. The van der Waals surface area contributed by atoms with E-state index < -0.39 is 0 Å². The first kappa shape index (κ1) is 18.1. The number of furan rings is 1. The molecule has 0 spiro atoms. The molecular formula is C20H26BrN3O. The Labute approximate surface area is 157 Å². The SMILES string of the molecule is Cc1ccn2c(NC(C)(C)CC(C)(C)C)c(-c3ccc(Br)o3)nc2c1. The van der Waals surface area contributed by atoms with Crippen molar-refractivity contribution in [3.8, 4) is 11.5 Å². The number of nitrogens with one attached hydrogen (secondary N) is 1. The molecule has 0 aliphatic heterocycles. The Morgan fingerprint density at radius 3 is 2.48 bits per heavy atom. The molecule has 0 atom stereocenters. The number of imidazole rings is 1. The Bertz CT molecular complexity index is 899. The number of fused-ring (bicyclic) bond motifs is 1. The van der Waals surface area contributed by atoms with Crippen molar-refractivity contribution in [2.24, 2.45) is 5.41 Å². The minimum atomic E-state index is -0.0856. The van der Waals surface area contributed by atoms with Gasteiger partial charge in [0, 0.05) is 11.7 Å². The predicted molar refractivity (Wildman–Crippen MR) is 107 cm³/mol. The fraction of sp³-hybridized carbons (Fsp3) is 0.450. The van der Waals surface area contributed by atoms with Crippen molar-refractivity contribution in [1.82, 2.24) is 9.38 Å². The van der Waals surface area contributed by atoms with Crippen molar-refractivity contribution in [3.63, 3.8) is 0 Å². The average molecular weight is 404 g/mol. The van der Waals surface area contributed by atoms with E-state index in [2.05, 4.69) is 85.5 Å². The van der Waals surface area contributed by atoms with Crippen LogP contribution in [-0.2, 0) is 0 Å². The van der Waals surface area contributed by atoms with Gasteiger partial charge in [0.25, 0.3) is 0 Å². The number of rotatable bonds is 4. The number of hydrogen-bond acceptors (Lipinski definition) is 3. The first-order valence-electron chi connectivity index (χ1n) is 8.57. The summed E-state index contributed by atoms with van der Waals surface area (Å²) in [6.07, 6.45) is 3.09. The van der Waals surface area contributed by atoms with Gasteiger partial charge in [0.2, 0.25) is 0 Å². The lowest BCUT2D eigenvalue weighted by molar-refractivity contribution is 0.302. The van der Waals surface area contributed by atoms with Gasteiger partial charge in [-0.2, -0.15) is 0 Å². The molecule has 4 nitrogen and oxygen atoms in total. The summed E-state index contributed by atoms with van der Waals surface area (Å²) in [7, 11) is 0. The molecule has 25 heavy (non-hydrogen) atoms. The van der Waals surface area contributed by atoms with Crippen LogP contribution in [0.3, 0.4) is 0 Å². The summed E-state index contributed by atoms with van der Waals surface area (Å²) in [6.45, 7) is 13.3. The van der Waals surface area contributed by atoms with E-state index in [1.54, 1.807) is 0 Å². The third-order valence-electron chi connectivity index (χ3n) is 4.02. The molecule has 0 amide bonds. The summed E-state index contributed by atoms with van der Waals surface area (Å²) < 4.78 is 8.59. The molecule has 3 aromatic heterocycles. The molecule has 0 aromatic carbocycles. The second-order valence-electron chi connectivity index (χ2n) is 8.59. The highest BCUT2D eigenvalue weighted by Crippen LogP contribution is 2.36. The average Bonchev–Trinajstić information content (AvgIpc) is 2.99. The van der Waals surface area contributed by atoms with E-state index in [1.165, 1.54) is 5.56 Å². The molecule has 1 N–H and O–H groups in total. The Morgan fingerprint density at radius 1 is 1.16 bits per heavy atom. The number of halogens is 1. The highest BCUT2D eigenvalue weighted by molar-refractivity contribution is 9.10. The van der Waals surface area contributed by atoms with Crippen molar-refractivity contribution >= 4 is 27.4 Å². The predicted octanol–water partition coefficient (Wildman–Crippen LogP) is 6.29. The van der Waals surface area contributed by atoms with Crippen molar-refractivity contribution in [1.29, 1.82) is 0 Å². The normalized spacial score (nSPS) is 12.8. The molecule has 0 saturated carbocycles. The van der Waals surface area contributed by atoms with E-state index in [4.69, 9.17) is 9.40 Å². The van der Waals surface area contributed by atoms with Crippen LogP contribution in [0.1, 0.15) is 46.6 Å². The van der Waals surface area contributed by atoms with Gasteiger partial charge in [-0.3, -0.25) is 4.40 Å². The maximum absolute atomic E-state index is 5.79. The minimum absolute atomic E-state index is 0.0856. The van der Waals surface area contributed by atoms with Crippen molar-refractivity contribution in [2.75, 3.05) is 5.32 Å². The first-order valence-corrected chi connectivity index (χ1v) is 9.36. The molecule has 3 heterocycles. The lowest BCUT2D eigenvalue weighted by atomic mass is 9.82. The van der Waals surface area contributed by atoms with Crippen LogP contribution in [0, 0.1) is 12.3 Å². The number of aryl methyl sites for hydroxylation is 1. The third kappa shape index (κ3) is 4.09. The molecule has 0 fully saturated rings. The second kappa shape index (κ2) is 6.20. The zero-order valence-electron chi connectivity index (χ0n) is 15.8. The van der Waals surface area contributed by atoms with Crippen molar-refractivity contribution < 1.29 is 4.42 Å². The van der Waals surface area contributed by atoms with Gasteiger partial charge in [-0.05, 0) is 78.4 Å². The summed E-state index contributed by atoms with van der Waals surface area (Å²) in [4.78, 5) is 4.82. The van der Waals surface area contributed by atoms with E-state index in [1.807, 2.05) is 12.1 Å². The molecule has 0 saturated heterocycles. The van der Waals surface area contributed by atoms with Gasteiger partial charge in [0.15, 0.2) is 10.4 Å². The van der Waals surface area contributed by atoms with E-state index in [9.17, 15) is 0 Å². The molecule has 3 aromatic rings.